The van der Waals surface area contributed by atoms with E-state index in [1.807, 2.05) is 36.6 Å². The van der Waals surface area contributed by atoms with Gasteiger partial charge < -0.3 is 5.32 Å². The van der Waals surface area contributed by atoms with E-state index in [9.17, 15) is 10.1 Å². The number of rotatable bonds is 5. The van der Waals surface area contributed by atoms with Gasteiger partial charge in [-0.3, -0.25) is 10.1 Å². The van der Waals surface area contributed by atoms with Crippen LogP contribution >= 0.6 is 11.8 Å². The molecule has 0 fully saturated rings. The summed E-state index contributed by atoms with van der Waals surface area (Å²) >= 11 is 1.70. The van der Waals surface area contributed by atoms with Crippen molar-refractivity contribution in [3.8, 4) is 0 Å². The molecule has 0 bridgehead atoms. The molecule has 4 nitrogen and oxygen atoms in total. The van der Waals surface area contributed by atoms with Crippen molar-refractivity contribution >= 4 is 23.1 Å². The van der Waals surface area contributed by atoms with Crippen molar-refractivity contribution in [1.82, 2.24) is 0 Å². The van der Waals surface area contributed by atoms with Crippen molar-refractivity contribution in [3.05, 3.63) is 63.7 Å². The Balaban J connectivity index is 2.10. The largest absolute Gasteiger partial charge is 0.381 e. The molecule has 5 heteroatoms. The third kappa shape index (κ3) is 3.30. The van der Waals surface area contributed by atoms with Crippen LogP contribution in [0.15, 0.2) is 47.4 Å². The molecular weight excluding hydrogens is 272 g/mol. The minimum absolute atomic E-state index is 0.169. The van der Waals surface area contributed by atoms with Crippen molar-refractivity contribution in [2.24, 2.45) is 0 Å². The van der Waals surface area contributed by atoms with E-state index in [0.29, 0.717) is 12.1 Å². The molecule has 0 aromatic heterocycles. The van der Waals surface area contributed by atoms with Crippen molar-refractivity contribution in [2.45, 2.75) is 18.4 Å². The SMILES string of the molecule is CSc1ccc(NCc2cccc([N+](=O)[O-])c2C)cc1. The second kappa shape index (κ2) is 6.43. The molecule has 2 aromatic rings. The molecule has 2 aromatic carbocycles. The summed E-state index contributed by atoms with van der Waals surface area (Å²) in [5.74, 6) is 0. The van der Waals surface area contributed by atoms with Crippen molar-refractivity contribution < 1.29 is 4.92 Å². The summed E-state index contributed by atoms with van der Waals surface area (Å²) < 4.78 is 0. The highest BCUT2D eigenvalue weighted by atomic mass is 32.2. The van der Waals surface area contributed by atoms with Crippen LogP contribution in [-0.2, 0) is 6.54 Å². The number of benzene rings is 2. The normalized spacial score (nSPS) is 10.3. The maximum absolute atomic E-state index is 10.9. The van der Waals surface area contributed by atoms with Gasteiger partial charge in [0.15, 0.2) is 0 Å². The average molecular weight is 288 g/mol. The number of nitro groups is 1. The molecule has 0 amide bonds. The van der Waals surface area contributed by atoms with E-state index in [-0.39, 0.29) is 10.6 Å². The maximum atomic E-state index is 10.9. The van der Waals surface area contributed by atoms with Gasteiger partial charge in [-0.15, -0.1) is 11.8 Å². The molecule has 2 rings (SSSR count). The van der Waals surface area contributed by atoms with E-state index < -0.39 is 0 Å². The molecule has 0 saturated carbocycles. The van der Waals surface area contributed by atoms with Gasteiger partial charge in [0.05, 0.1) is 4.92 Å². The molecule has 0 radical (unpaired) electrons. The summed E-state index contributed by atoms with van der Waals surface area (Å²) in [6, 6.07) is 13.3. The molecule has 0 unspecified atom stereocenters. The molecule has 0 atom stereocenters. The fourth-order valence-electron chi connectivity index (χ4n) is 1.97. The first-order valence-electron chi connectivity index (χ1n) is 6.22. The zero-order valence-corrected chi connectivity index (χ0v) is 12.2. The number of hydrogen-bond acceptors (Lipinski definition) is 4. The number of nitro benzene ring substituents is 1. The van der Waals surface area contributed by atoms with Gasteiger partial charge in [-0.25, -0.2) is 0 Å². The summed E-state index contributed by atoms with van der Waals surface area (Å²) in [7, 11) is 0. The lowest BCUT2D eigenvalue weighted by Crippen LogP contribution is -2.03. The second-order valence-electron chi connectivity index (χ2n) is 4.40. The molecular formula is C15H16N2O2S. The summed E-state index contributed by atoms with van der Waals surface area (Å²) in [6.07, 6.45) is 2.04. The molecule has 1 N–H and O–H groups in total. The molecule has 104 valence electrons. The maximum Gasteiger partial charge on any atom is 0.272 e. The third-order valence-corrected chi connectivity index (χ3v) is 3.93. The number of thioether (sulfide) groups is 1. The highest BCUT2D eigenvalue weighted by Crippen LogP contribution is 2.22. The summed E-state index contributed by atoms with van der Waals surface area (Å²) in [6.45, 7) is 2.36. The number of nitrogens with one attached hydrogen (secondary N) is 1. The Kier molecular flexibility index (Phi) is 4.63. The van der Waals surface area contributed by atoms with E-state index in [4.69, 9.17) is 0 Å². The zero-order chi connectivity index (χ0) is 14.5. The lowest BCUT2D eigenvalue weighted by atomic mass is 10.1. The van der Waals surface area contributed by atoms with Crippen LogP contribution in [0.4, 0.5) is 11.4 Å². The van der Waals surface area contributed by atoms with E-state index in [1.165, 1.54) is 11.0 Å². The molecule has 0 saturated heterocycles. The predicted molar refractivity (Wildman–Crippen MR) is 83.4 cm³/mol. The van der Waals surface area contributed by atoms with E-state index in [0.717, 1.165) is 11.3 Å². The minimum atomic E-state index is -0.341. The number of anilines is 1. The van der Waals surface area contributed by atoms with Gasteiger partial charge >= 0.3 is 0 Å². The monoisotopic (exact) mass is 288 g/mol. The van der Waals surface area contributed by atoms with Gasteiger partial charge in [-0.2, -0.15) is 0 Å². The van der Waals surface area contributed by atoms with Crippen LogP contribution < -0.4 is 5.32 Å². The Hall–Kier alpha value is -2.01. The Morgan fingerprint density at radius 3 is 2.50 bits per heavy atom. The molecule has 0 aliphatic heterocycles. The van der Waals surface area contributed by atoms with Gasteiger partial charge in [-0.1, -0.05) is 12.1 Å². The van der Waals surface area contributed by atoms with Crippen molar-refractivity contribution in [3.63, 3.8) is 0 Å². The molecule has 0 aliphatic carbocycles. The van der Waals surface area contributed by atoms with E-state index >= 15 is 0 Å². The topological polar surface area (TPSA) is 55.2 Å². The highest BCUT2D eigenvalue weighted by Gasteiger charge is 2.12. The van der Waals surface area contributed by atoms with Crippen molar-refractivity contribution in [1.29, 1.82) is 0 Å². The Morgan fingerprint density at radius 2 is 1.90 bits per heavy atom. The minimum Gasteiger partial charge on any atom is -0.381 e. The first kappa shape index (κ1) is 14.4. The molecule has 0 aliphatic rings. The van der Waals surface area contributed by atoms with Crippen LogP contribution in [0.5, 0.6) is 0 Å². The lowest BCUT2D eigenvalue weighted by Gasteiger charge is -2.09. The van der Waals surface area contributed by atoms with Crippen LogP contribution in [0.1, 0.15) is 11.1 Å². The summed E-state index contributed by atoms with van der Waals surface area (Å²) in [4.78, 5) is 11.8. The molecule has 0 heterocycles. The van der Waals surface area contributed by atoms with Gasteiger partial charge in [0.25, 0.3) is 5.69 Å². The second-order valence-corrected chi connectivity index (χ2v) is 5.28. The quantitative estimate of drug-likeness (QED) is 0.508. The first-order chi connectivity index (χ1) is 9.61. The zero-order valence-electron chi connectivity index (χ0n) is 11.4. The van der Waals surface area contributed by atoms with Crippen LogP contribution in [-0.4, -0.2) is 11.2 Å². The van der Waals surface area contributed by atoms with E-state index in [1.54, 1.807) is 24.8 Å². The van der Waals surface area contributed by atoms with Crippen LogP contribution in [0.25, 0.3) is 0 Å². The first-order valence-corrected chi connectivity index (χ1v) is 7.45. The average Bonchev–Trinajstić information content (AvgIpc) is 2.46. The van der Waals surface area contributed by atoms with Gasteiger partial charge in [0.2, 0.25) is 0 Å². The highest BCUT2D eigenvalue weighted by molar-refractivity contribution is 7.98. The lowest BCUT2D eigenvalue weighted by molar-refractivity contribution is -0.385. The Morgan fingerprint density at radius 1 is 1.20 bits per heavy atom. The standard InChI is InChI=1S/C15H16N2O2S/c1-11-12(4-3-5-15(11)17(18)19)10-16-13-6-8-14(20-2)9-7-13/h3-9,16H,10H2,1-2H3. The van der Waals surface area contributed by atoms with Crippen molar-refractivity contribution in [2.75, 3.05) is 11.6 Å². The molecule has 0 spiro atoms. The fraction of sp³-hybridized carbons (Fsp3) is 0.200. The van der Waals surface area contributed by atoms with Gasteiger partial charge in [0, 0.05) is 28.8 Å². The number of hydrogen-bond donors (Lipinski definition) is 1. The predicted octanol–water partition coefficient (Wildman–Crippen LogP) is 4.24. The van der Waals surface area contributed by atoms with Crippen LogP contribution in [0.3, 0.4) is 0 Å². The Bertz CT molecular complexity index is 612. The Labute approximate surface area is 122 Å². The van der Waals surface area contributed by atoms with Crippen LogP contribution in [0, 0.1) is 17.0 Å². The van der Waals surface area contributed by atoms with Crippen LogP contribution in [0.2, 0.25) is 0 Å². The fourth-order valence-corrected chi connectivity index (χ4v) is 2.37. The number of nitrogens with zero attached hydrogens (tertiary/aromatic N) is 1. The molecule has 20 heavy (non-hydrogen) atoms. The summed E-state index contributed by atoms with van der Waals surface area (Å²) in [5.41, 5.74) is 2.83. The third-order valence-electron chi connectivity index (χ3n) is 3.19. The van der Waals surface area contributed by atoms with Gasteiger partial charge in [-0.05, 0) is 43.0 Å². The van der Waals surface area contributed by atoms with Gasteiger partial charge in [0.1, 0.15) is 0 Å². The summed E-state index contributed by atoms with van der Waals surface area (Å²) in [5, 5.41) is 14.2. The smallest absolute Gasteiger partial charge is 0.272 e. The van der Waals surface area contributed by atoms with E-state index in [2.05, 4.69) is 5.32 Å².